The number of aromatic nitrogens is 1. The average Bonchev–Trinajstić information content (AvgIpc) is 3.01. The van der Waals surface area contributed by atoms with Crippen molar-refractivity contribution in [3.8, 4) is 0 Å². The van der Waals surface area contributed by atoms with Gasteiger partial charge in [0, 0.05) is 18.3 Å². The second kappa shape index (κ2) is 8.52. The number of hydrogen-bond donors (Lipinski definition) is 2. The monoisotopic (exact) mass is 389 g/mol. The lowest BCUT2D eigenvalue weighted by Gasteiger charge is -2.27. The van der Waals surface area contributed by atoms with Gasteiger partial charge in [0.25, 0.3) is 5.91 Å². The first-order valence-electron chi connectivity index (χ1n) is 8.82. The summed E-state index contributed by atoms with van der Waals surface area (Å²) < 4.78 is 5.21. The highest BCUT2D eigenvalue weighted by Crippen LogP contribution is 2.15. The van der Waals surface area contributed by atoms with Crippen LogP contribution in [0.3, 0.4) is 0 Å². The standard InChI is InChI=1S/C20H27N3O3S/c1-19(2,3)26-18(25)21-13-20(4,5)23-17(24)15-12-27-16(22-15)11-14-9-7-6-8-10-14/h6-10,12H,11,13H2,1-5H3,(H,21,25)(H,23,24). The first-order chi connectivity index (χ1) is 12.5. The van der Waals surface area contributed by atoms with Crippen molar-refractivity contribution in [1.29, 1.82) is 0 Å². The van der Waals surface area contributed by atoms with Crippen LogP contribution in [-0.2, 0) is 11.2 Å². The van der Waals surface area contributed by atoms with Crippen molar-refractivity contribution in [1.82, 2.24) is 15.6 Å². The zero-order valence-corrected chi connectivity index (χ0v) is 17.3. The van der Waals surface area contributed by atoms with Crippen molar-refractivity contribution in [3.63, 3.8) is 0 Å². The van der Waals surface area contributed by atoms with Crippen molar-refractivity contribution < 1.29 is 14.3 Å². The molecule has 7 heteroatoms. The molecule has 6 nitrogen and oxygen atoms in total. The van der Waals surface area contributed by atoms with Gasteiger partial charge in [-0.1, -0.05) is 30.3 Å². The molecule has 0 atom stereocenters. The molecule has 0 bridgehead atoms. The Hall–Kier alpha value is -2.41. The molecule has 0 spiro atoms. The lowest BCUT2D eigenvalue weighted by Crippen LogP contribution is -2.52. The predicted molar refractivity (Wildman–Crippen MR) is 107 cm³/mol. The van der Waals surface area contributed by atoms with Gasteiger partial charge in [0.1, 0.15) is 11.3 Å². The Balaban J connectivity index is 1.89. The minimum atomic E-state index is -0.642. The zero-order chi connectivity index (χ0) is 20.1. The molecule has 2 aromatic rings. The summed E-state index contributed by atoms with van der Waals surface area (Å²) in [5.74, 6) is -0.262. The van der Waals surface area contributed by atoms with Gasteiger partial charge in [-0.3, -0.25) is 4.79 Å². The molecule has 0 aliphatic carbocycles. The number of alkyl carbamates (subject to hydrolysis) is 1. The molecule has 146 valence electrons. The third-order valence-corrected chi connectivity index (χ3v) is 4.36. The maximum absolute atomic E-state index is 12.5. The molecule has 27 heavy (non-hydrogen) atoms. The Labute approximate surface area is 164 Å². The number of thiazole rings is 1. The molecule has 0 unspecified atom stereocenters. The summed E-state index contributed by atoms with van der Waals surface area (Å²) in [5.41, 5.74) is 0.335. The first kappa shape index (κ1) is 20.9. The fourth-order valence-corrected chi connectivity index (χ4v) is 3.10. The van der Waals surface area contributed by atoms with Crippen LogP contribution in [0.5, 0.6) is 0 Å². The van der Waals surface area contributed by atoms with E-state index in [0.717, 1.165) is 10.6 Å². The number of nitrogens with zero attached hydrogens (tertiary/aromatic N) is 1. The van der Waals surface area contributed by atoms with Crippen LogP contribution in [-0.4, -0.2) is 34.7 Å². The van der Waals surface area contributed by atoms with Crippen LogP contribution in [0.1, 0.15) is 55.7 Å². The van der Waals surface area contributed by atoms with E-state index in [0.29, 0.717) is 12.1 Å². The Kier molecular flexibility index (Phi) is 6.59. The topological polar surface area (TPSA) is 80.3 Å². The summed E-state index contributed by atoms with van der Waals surface area (Å²) in [7, 11) is 0. The van der Waals surface area contributed by atoms with Crippen LogP contribution < -0.4 is 10.6 Å². The van der Waals surface area contributed by atoms with Crippen molar-refractivity contribution in [3.05, 3.63) is 52.0 Å². The number of nitrogens with one attached hydrogen (secondary N) is 2. The smallest absolute Gasteiger partial charge is 0.407 e. The van der Waals surface area contributed by atoms with Crippen LogP contribution in [0.4, 0.5) is 4.79 Å². The van der Waals surface area contributed by atoms with Gasteiger partial charge in [0.05, 0.1) is 10.5 Å². The molecule has 1 aromatic carbocycles. The van der Waals surface area contributed by atoms with Gasteiger partial charge in [-0.25, -0.2) is 9.78 Å². The lowest BCUT2D eigenvalue weighted by atomic mass is 10.1. The second-order valence-corrected chi connectivity index (χ2v) is 8.92. The summed E-state index contributed by atoms with van der Waals surface area (Å²) in [6.45, 7) is 9.31. The molecule has 0 radical (unpaired) electrons. The summed E-state index contributed by atoms with van der Waals surface area (Å²) in [5, 5.41) is 8.22. The maximum atomic E-state index is 12.5. The Morgan fingerprint density at radius 1 is 1.11 bits per heavy atom. The summed E-state index contributed by atoms with van der Waals surface area (Å²) >= 11 is 1.46. The van der Waals surface area contributed by atoms with Crippen LogP contribution in [0, 0.1) is 0 Å². The van der Waals surface area contributed by atoms with E-state index in [4.69, 9.17) is 4.74 Å². The second-order valence-electron chi connectivity index (χ2n) is 7.98. The lowest BCUT2D eigenvalue weighted by molar-refractivity contribution is 0.0509. The van der Waals surface area contributed by atoms with Crippen molar-refractivity contribution >= 4 is 23.3 Å². The molecule has 0 aliphatic rings. The van der Waals surface area contributed by atoms with Gasteiger partial charge < -0.3 is 15.4 Å². The Bertz CT molecular complexity index is 779. The Morgan fingerprint density at radius 2 is 1.78 bits per heavy atom. The number of carbonyl (C=O) groups is 2. The normalized spacial score (nSPS) is 11.7. The molecular formula is C20H27N3O3S. The third kappa shape index (κ3) is 7.38. The summed E-state index contributed by atoms with van der Waals surface area (Å²) in [6, 6.07) is 10.0. The van der Waals surface area contributed by atoms with Gasteiger partial charge >= 0.3 is 6.09 Å². The van der Waals surface area contributed by atoms with E-state index in [2.05, 4.69) is 15.6 Å². The fourth-order valence-electron chi connectivity index (χ4n) is 2.29. The van der Waals surface area contributed by atoms with Gasteiger partial charge in [0.2, 0.25) is 0 Å². The minimum Gasteiger partial charge on any atom is -0.444 e. The molecule has 1 aromatic heterocycles. The highest BCUT2D eigenvalue weighted by Gasteiger charge is 2.25. The minimum absolute atomic E-state index is 0.245. The maximum Gasteiger partial charge on any atom is 0.407 e. The fraction of sp³-hybridized carbons (Fsp3) is 0.450. The molecule has 0 fully saturated rings. The SMILES string of the molecule is CC(C)(CNC(=O)OC(C)(C)C)NC(=O)c1csc(Cc2ccccc2)n1. The summed E-state index contributed by atoms with van der Waals surface area (Å²) in [4.78, 5) is 28.7. The van der Waals surface area contributed by atoms with Gasteiger partial charge in [-0.15, -0.1) is 11.3 Å². The van der Waals surface area contributed by atoms with E-state index < -0.39 is 17.2 Å². The average molecular weight is 390 g/mol. The van der Waals surface area contributed by atoms with E-state index in [1.165, 1.54) is 11.3 Å². The van der Waals surface area contributed by atoms with Crippen LogP contribution >= 0.6 is 11.3 Å². The summed E-state index contributed by atoms with van der Waals surface area (Å²) in [6.07, 6.45) is 0.186. The van der Waals surface area contributed by atoms with E-state index >= 15 is 0 Å². The Morgan fingerprint density at radius 3 is 2.41 bits per heavy atom. The number of ether oxygens (including phenoxy) is 1. The molecule has 2 amide bonds. The quantitative estimate of drug-likeness (QED) is 0.788. The molecule has 0 saturated carbocycles. The molecule has 0 saturated heterocycles. The molecular weight excluding hydrogens is 362 g/mol. The van der Waals surface area contributed by atoms with Gasteiger partial charge in [-0.2, -0.15) is 0 Å². The van der Waals surface area contributed by atoms with Crippen LogP contribution in [0.25, 0.3) is 0 Å². The van der Waals surface area contributed by atoms with Crippen molar-refractivity contribution in [2.45, 2.75) is 52.2 Å². The molecule has 0 aliphatic heterocycles. The largest absolute Gasteiger partial charge is 0.444 e. The number of rotatable bonds is 6. The van der Waals surface area contributed by atoms with Gasteiger partial charge in [0.15, 0.2) is 0 Å². The highest BCUT2D eigenvalue weighted by atomic mass is 32.1. The van der Waals surface area contributed by atoms with E-state index in [9.17, 15) is 9.59 Å². The van der Waals surface area contributed by atoms with Crippen LogP contribution in [0.2, 0.25) is 0 Å². The van der Waals surface area contributed by atoms with E-state index in [-0.39, 0.29) is 12.5 Å². The van der Waals surface area contributed by atoms with E-state index in [1.807, 2.05) is 44.2 Å². The highest BCUT2D eigenvalue weighted by molar-refractivity contribution is 7.09. The van der Waals surface area contributed by atoms with E-state index in [1.54, 1.807) is 26.2 Å². The first-order valence-corrected chi connectivity index (χ1v) is 9.70. The predicted octanol–water partition coefficient (Wildman–Crippen LogP) is 3.77. The number of benzene rings is 1. The van der Waals surface area contributed by atoms with Crippen LogP contribution in [0.15, 0.2) is 35.7 Å². The molecule has 2 N–H and O–H groups in total. The van der Waals surface area contributed by atoms with Gasteiger partial charge in [-0.05, 0) is 40.2 Å². The molecule has 2 rings (SSSR count). The van der Waals surface area contributed by atoms with Crippen molar-refractivity contribution in [2.24, 2.45) is 0 Å². The number of amides is 2. The van der Waals surface area contributed by atoms with Crippen molar-refractivity contribution in [2.75, 3.05) is 6.54 Å². The zero-order valence-electron chi connectivity index (χ0n) is 16.5. The number of hydrogen-bond acceptors (Lipinski definition) is 5. The third-order valence-electron chi connectivity index (χ3n) is 3.51. The number of carbonyl (C=O) groups excluding carboxylic acids is 2. The molecule has 1 heterocycles.